The van der Waals surface area contributed by atoms with E-state index in [0.717, 1.165) is 0 Å². The van der Waals surface area contributed by atoms with Gasteiger partial charge in [0.25, 0.3) is 5.91 Å². The van der Waals surface area contributed by atoms with Crippen LogP contribution in [0.3, 0.4) is 0 Å². The second-order valence-electron chi connectivity index (χ2n) is 3.91. The molecule has 0 aromatic heterocycles. The van der Waals surface area contributed by atoms with E-state index in [2.05, 4.69) is 5.32 Å². The maximum absolute atomic E-state index is 11.9. The number of amides is 1. The first-order chi connectivity index (χ1) is 8.56. The summed E-state index contributed by atoms with van der Waals surface area (Å²) >= 11 is 0. The zero-order chi connectivity index (χ0) is 13.5. The summed E-state index contributed by atoms with van der Waals surface area (Å²) in [5.41, 5.74) is 12.6. The van der Waals surface area contributed by atoms with Gasteiger partial charge in [0.15, 0.2) is 0 Å². The van der Waals surface area contributed by atoms with E-state index in [1.807, 2.05) is 0 Å². The van der Waals surface area contributed by atoms with E-state index in [1.165, 1.54) is 0 Å². The normalized spacial score (nSPS) is 12.1. The molecular weight excluding hydrogens is 234 g/mol. The fourth-order valence-corrected chi connectivity index (χ4v) is 1.51. The second-order valence-corrected chi connectivity index (χ2v) is 3.91. The number of nitrogen functional groups attached to an aromatic ring is 2. The van der Waals surface area contributed by atoms with E-state index in [1.54, 1.807) is 32.4 Å². The molecule has 1 atom stereocenters. The lowest BCUT2D eigenvalue weighted by molar-refractivity contribution is 0.0285. The number of anilines is 2. The number of hydrogen-bond donors (Lipinski definition) is 3. The summed E-state index contributed by atoms with van der Waals surface area (Å²) in [6.07, 6.45) is -0.183. The van der Waals surface area contributed by atoms with Gasteiger partial charge in [-0.15, -0.1) is 0 Å². The Labute approximate surface area is 106 Å². The largest absolute Gasteiger partial charge is 0.399 e. The van der Waals surface area contributed by atoms with Gasteiger partial charge in [0.2, 0.25) is 0 Å². The highest BCUT2D eigenvalue weighted by Crippen LogP contribution is 2.13. The molecule has 0 bridgehead atoms. The number of carbonyl (C=O) groups excluding carboxylic acids is 1. The predicted octanol–water partition coefficient (Wildman–Crippen LogP) is 0.242. The maximum Gasteiger partial charge on any atom is 0.251 e. The van der Waals surface area contributed by atoms with E-state index < -0.39 is 0 Å². The number of methoxy groups -OCH3 is 2. The second kappa shape index (κ2) is 6.83. The fourth-order valence-electron chi connectivity index (χ4n) is 1.51. The van der Waals surface area contributed by atoms with Crippen LogP contribution in [0.1, 0.15) is 10.4 Å². The molecule has 18 heavy (non-hydrogen) atoms. The van der Waals surface area contributed by atoms with Crippen molar-refractivity contribution in [1.82, 2.24) is 5.32 Å². The van der Waals surface area contributed by atoms with Gasteiger partial charge >= 0.3 is 0 Å². The minimum absolute atomic E-state index is 0.183. The van der Waals surface area contributed by atoms with Crippen LogP contribution in [0.15, 0.2) is 18.2 Å². The molecule has 0 aliphatic carbocycles. The molecule has 1 amide bonds. The van der Waals surface area contributed by atoms with Gasteiger partial charge in [-0.05, 0) is 18.2 Å². The van der Waals surface area contributed by atoms with Crippen molar-refractivity contribution in [3.05, 3.63) is 23.8 Å². The highest BCUT2D eigenvalue weighted by atomic mass is 16.5. The van der Waals surface area contributed by atoms with Crippen LogP contribution in [0.2, 0.25) is 0 Å². The standard InChI is InChI=1S/C12H19N3O3/c1-17-7-11(18-2)6-15-12(16)8-3-9(13)5-10(14)4-8/h3-5,11H,6-7,13-14H2,1-2H3,(H,15,16). The van der Waals surface area contributed by atoms with Crippen LogP contribution in [0, 0.1) is 0 Å². The van der Waals surface area contributed by atoms with Crippen molar-refractivity contribution in [1.29, 1.82) is 0 Å². The Morgan fingerprint density at radius 1 is 1.28 bits per heavy atom. The van der Waals surface area contributed by atoms with Gasteiger partial charge in [-0.1, -0.05) is 0 Å². The number of hydrogen-bond acceptors (Lipinski definition) is 5. The molecule has 6 heteroatoms. The van der Waals surface area contributed by atoms with Crippen LogP contribution < -0.4 is 16.8 Å². The Bertz CT molecular complexity index is 389. The average molecular weight is 253 g/mol. The molecule has 0 saturated carbocycles. The van der Waals surface area contributed by atoms with Crippen molar-refractivity contribution in [3.63, 3.8) is 0 Å². The third-order valence-corrected chi connectivity index (χ3v) is 2.42. The molecule has 1 aromatic carbocycles. The minimum Gasteiger partial charge on any atom is -0.399 e. The smallest absolute Gasteiger partial charge is 0.251 e. The quantitative estimate of drug-likeness (QED) is 0.631. The molecule has 6 nitrogen and oxygen atoms in total. The highest BCUT2D eigenvalue weighted by Gasteiger charge is 2.11. The van der Waals surface area contributed by atoms with Gasteiger partial charge in [0, 0.05) is 37.7 Å². The van der Waals surface area contributed by atoms with Crippen LogP contribution >= 0.6 is 0 Å². The van der Waals surface area contributed by atoms with Crippen molar-refractivity contribution in [3.8, 4) is 0 Å². The topological polar surface area (TPSA) is 99.6 Å². The van der Waals surface area contributed by atoms with Gasteiger partial charge in [-0.3, -0.25) is 4.79 Å². The number of ether oxygens (including phenoxy) is 2. The van der Waals surface area contributed by atoms with Gasteiger partial charge in [0.05, 0.1) is 12.7 Å². The first kappa shape index (κ1) is 14.3. The molecule has 1 rings (SSSR count). The molecule has 0 fully saturated rings. The summed E-state index contributed by atoms with van der Waals surface area (Å²) in [6.45, 7) is 0.772. The van der Waals surface area contributed by atoms with E-state index >= 15 is 0 Å². The zero-order valence-corrected chi connectivity index (χ0v) is 10.6. The number of benzene rings is 1. The Hall–Kier alpha value is -1.79. The molecule has 0 aliphatic rings. The first-order valence-electron chi connectivity index (χ1n) is 5.52. The van der Waals surface area contributed by atoms with Crippen molar-refractivity contribution >= 4 is 17.3 Å². The summed E-state index contributed by atoms with van der Waals surface area (Å²) in [7, 11) is 3.14. The number of carbonyl (C=O) groups is 1. The third-order valence-electron chi connectivity index (χ3n) is 2.42. The van der Waals surface area contributed by atoms with Crippen LogP contribution in [-0.4, -0.2) is 39.4 Å². The van der Waals surface area contributed by atoms with E-state index in [0.29, 0.717) is 30.1 Å². The zero-order valence-electron chi connectivity index (χ0n) is 10.6. The van der Waals surface area contributed by atoms with E-state index in [9.17, 15) is 4.79 Å². The van der Waals surface area contributed by atoms with E-state index in [4.69, 9.17) is 20.9 Å². The Morgan fingerprint density at radius 2 is 1.89 bits per heavy atom. The van der Waals surface area contributed by atoms with Crippen LogP contribution in [0.25, 0.3) is 0 Å². The molecule has 0 heterocycles. The number of nitrogens with two attached hydrogens (primary N) is 2. The van der Waals surface area contributed by atoms with Crippen LogP contribution in [-0.2, 0) is 9.47 Å². The maximum atomic E-state index is 11.9. The summed E-state index contributed by atoms with van der Waals surface area (Å²) in [5, 5.41) is 2.73. The average Bonchev–Trinajstić information content (AvgIpc) is 2.32. The van der Waals surface area contributed by atoms with E-state index in [-0.39, 0.29) is 12.0 Å². The Morgan fingerprint density at radius 3 is 2.39 bits per heavy atom. The van der Waals surface area contributed by atoms with Gasteiger partial charge in [0.1, 0.15) is 0 Å². The Kier molecular flexibility index (Phi) is 5.41. The lowest BCUT2D eigenvalue weighted by Crippen LogP contribution is -2.35. The summed E-state index contributed by atoms with van der Waals surface area (Å²) in [6, 6.07) is 4.74. The summed E-state index contributed by atoms with van der Waals surface area (Å²) in [4.78, 5) is 11.9. The monoisotopic (exact) mass is 253 g/mol. The van der Waals surface area contributed by atoms with Gasteiger partial charge < -0.3 is 26.3 Å². The molecule has 0 radical (unpaired) electrons. The number of rotatable bonds is 6. The lowest BCUT2D eigenvalue weighted by Gasteiger charge is -2.15. The molecule has 5 N–H and O–H groups in total. The number of nitrogens with one attached hydrogen (secondary N) is 1. The first-order valence-corrected chi connectivity index (χ1v) is 5.52. The molecular formula is C12H19N3O3. The van der Waals surface area contributed by atoms with Crippen molar-refractivity contribution in [2.24, 2.45) is 0 Å². The van der Waals surface area contributed by atoms with Crippen molar-refractivity contribution < 1.29 is 14.3 Å². The fraction of sp³-hybridized carbons (Fsp3) is 0.417. The minimum atomic E-state index is -0.243. The molecule has 100 valence electrons. The van der Waals surface area contributed by atoms with Gasteiger partial charge in [-0.25, -0.2) is 0 Å². The lowest BCUT2D eigenvalue weighted by atomic mass is 10.1. The SMILES string of the molecule is COCC(CNC(=O)c1cc(N)cc(N)c1)OC. The summed E-state index contributed by atoms with van der Waals surface area (Å²) < 4.78 is 10.1. The van der Waals surface area contributed by atoms with Crippen LogP contribution in [0.4, 0.5) is 11.4 Å². The molecule has 1 aromatic rings. The van der Waals surface area contributed by atoms with Crippen molar-refractivity contribution in [2.45, 2.75) is 6.10 Å². The predicted molar refractivity (Wildman–Crippen MR) is 70.3 cm³/mol. The van der Waals surface area contributed by atoms with Gasteiger partial charge in [-0.2, -0.15) is 0 Å². The van der Waals surface area contributed by atoms with Crippen molar-refractivity contribution in [2.75, 3.05) is 38.8 Å². The van der Waals surface area contributed by atoms with Crippen LogP contribution in [0.5, 0.6) is 0 Å². The molecule has 0 saturated heterocycles. The molecule has 0 spiro atoms. The third kappa shape index (κ3) is 4.23. The molecule has 1 unspecified atom stereocenters. The Balaban J connectivity index is 2.59. The molecule has 0 aliphatic heterocycles. The highest BCUT2D eigenvalue weighted by molar-refractivity contribution is 5.96. The summed E-state index contributed by atoms with van der Waals surface area (Å²) in [5.74, 6) is -0.243.